The molecule has 2 aliphatic heterocycles. The average Bonchev–Trinajstić information content (AvgIpc) is 3.76. The molecule has 0 saturated carbocycles. The van der Waals surface area contributed by atoms with E-state index in [4.69, 9.17) is 9.47 Å². The first-order valence-electron chi connectivity index (χ1n) is 20.3. The van der Waals surface area contributed by atoms with Gasteiger partial charge in [0.1, 0.15) is 23.0 Å². The topological polar surface area (TPSA) is 21.7 Å². The Kier molecular flexibility index (Phi) is 6.58. The Morgan fingerprint density at radius 3 is 1.29 bits per heavy atom. The molecule has 13 rings (SSSR count). The zero-order valence-corrected chi connectivity index (χ0v) is 32.0. The van der Waals surface area contributed by atoms with Crippen LogP contribution in [0.1, 0.15) is 44.5 Å². The van der Waals surface area contributed by atoms with Gasteiger partial charge in [0.2, 0.25) is 0 Å². The minimum atomic E-state index is -0.583. The van der Waals surface area contributed by atoms with E-state index in [1.165, 1.54) is 44.5 Å². The van der Waals surface area contributed by atoms with Crippen LogP contribution in [0.15, 0.2) is 212 Å². The number of nitrogens with zero attached hydrogens (tertiary/aromatic N) is 1. The predicted octanol–water partition coefficient (Wildman–Crippen LogP) is 14.1. The smallest absolute Gasteiger partial charge is 0.132 e. The molecule has 0 amide bonds. The van der Waals surface area contributed by atoms with Gasteiger partial charge in [0, 0.05) is 39.2 Å². The summed E-state index contributed by atoms with van der Waals surface area (Å²) < 4.78 is 13.3. The van der Waals surface area contributed by atoms with Crippen molar-refractivity contribution in [3.8, 4) is 45.3 Å². The van der Waals surface area contributed by atoms with Gasteiger partial charge in [-0.25, -0.2) is 0 Å². The van der Waals surface area contributed by atoms with E-state index in [1.54, 1.807) is 0 Å². The normalized spacial score (nSPS) is 14.6. The van der Waals surface area contributed by atoms with Crippen molar-refractivity contribution < 1.29 is 9.47 Å². The SMILES string of the molecule is c1ccc(N(c2ccc3c(c2)C2(c4ccccc4Oc4ccccc42)c2ccccc2-3)c2cccc3c2-c2ccccc2C32c3ccccc3Oc3ccccc32)cc1. The van der Waals surface area contributed by atoms with Crippen molar-refractivity contribution in [2.45, 2.75) is 10.8 Å². The maximum atomic E-state index is 6.68. The first kappa shape index (κ1) is 32.5. The minimum Gasteiger partial charge on any atom is -0.457 e. The first-order valence-corrected chi connectivity index (χ1v) is 20.3. The Morgan fingerprint density at radius 1 is 0.288 bits per heavy atom. The fraction of sp³-hybridized carbons (Fsp3) is 0.0357. The molecule has 4 aliphatic rings. The third-order valence-electron chi connectivity index (χ3n) is 13.2. The van der Waals surface area contributed by atoms with Crippen molar-refractivity contribution in [1.82, 2.24) is 0 Å². The van der Waals surface area contributed by atoms with Gasteiger partial charge in [0.25, 0.3) is 0 Å². The number of para-hydroxylation sites is 5. The molecule has 3 heteroatoms. The minimum absolute atomic E-state index is 0.575. The fourth-order valence-electron chi connectivity index (χ4n) is 11.1. The molecule has 2 aliphatic carbocycles. The van der Waals surface area contributed by atoms with Crippen LogP contribution in [-0.2, 0) is 10.8 Å². The lowest BCUT2D eigenvalue weighted by molar-refractivity contribution is 0.436. The van der Waals surface area contributed by atoms with Crippen LogP contribution < -0.4 is 14.4 Å². The van der Waals surface area contributed by atoms with Crippen LogP contribution in [0.4, 0.5) is 17.1 Å². The molecule has 0 radical (unpaired) electrons. The van der Waals surface area contributed by atoms with Crippen LogP contribution in [0.25, 0.3) is 22.3 Å². The summed E-state index contributed by atoms with van der Waals surface area (Å²) in [5, 5.41) is 0. The molecule has 2 spiro atoms. The Morgan fingerprint density at radius 2 is 0.712 bits per heavy atom. The van der Waals surface area contributed by atoms with Gasteiger partial charge >= 0.3 is 0 Å². The Hall–Kier alpha value is -7.62. The second-order valence-electron chi connectivity index (χ2n) is 15.9. The van der Waals surface area contributed by atoms with Crippen LogP contribution in [-0.4, -0.2) is 0 Å². The van der Waals surface area contributed by atoms with Crippen molar-refractivity contribution in [3.05, 3.63) is 257 Å². The molecular formula is C56H35NO2. The maximum absolute atomic E-state index is 6.68. The molecule has 276 valence electrons. The van der Waals surface area contributed by atoms with Gasteiger partial charge in [-0.3, -0.25) is 0 Å². The van der Waals surface area contributed by atoms with E-state index in [2.05, 4.69) is 217 Å². The van der Waals surface area contributed by atoms with E-state index in [0.717, 1.165) is 62.3 Å². The number of anilines is 3. The second kappa shape index (κ2) is 12.0. The highest BCUT2D eigenvalue weighted by Gasteiger charge is 2.53. The molecular weight excluding hydrogens is 719 g/mol. The third-order valence-corrected chi connectivity index (χ3v) is 13.2. The van der Waals surface area contributed by atoms with Gasteiger partial charge in [0.05, 0.1) is 16.5 Å². The Bertz CT molecular complexity index is 3110. The first-order chi connectivity index (χ1) is 29.3. The second-order valence-corrected chi connectivity index (χ2v) is 15.9. The van der Waals surface area contributed by atoms with E-state index >= 15 is 0 Å². The lowest BCUT2D eigenvalue weighted by Gasteiger charge is -2.40. The molecule has 0 N–H and O–H groups in total. The number of rotatable bonds is 3. The van der Waals surface area contributed by atoms with Crippen LogP contribution in [0.3, 0.4) is 0 Å². The zero-order valence-electron chi connectivity index (χ0n) is 32.0. The maximum Gasteiger partial charge on any atom is 0.132 e. The molecule has 3 nitrogen and oxygen atoms in total. The largest absolute Gasteiger partial charge is 0.457 e. The molecule has 2 heterocycles. The van der Waals surface area contributed by atoms with Gasteiger partial charge in [0.15, 0.2) is 0 Å². The highest BCUT2D eigenvalue weighted by Crippen LogP contribution is 2.65. The van der Waals surface area contributed by atoms with Crippen LogP contribution in [0, 0.1) is 0 Å². The van der Waals surface area contributed by atoms with Gasteiger partial charge < -0.3 is 14.4 Å². The Balaban J connectivity index is 1.11. The van der Waals surface area contributed by atoms with E-state index in [1.807, 2.05) is 0 Å². The van der Waals surface area contributed by atoms with Crippen LogP contribution in [0.5, 0.6) is 23.0 Å². The highest BCUT2D eigenvalue weighted by atomic mass is 16.5. The molecule has 9 aromatic rings. The summed E-state index contributed by atoms with van der Waals surface area (Å²) in [6.07, 6.45) is 0. The van der Waals surface area contributed by atoms with Crippen molar-refractivity contribution in [2.24, 2.45) is 0 Å². The molecule has 0 aromatic heterocycles. The number of fused-ring (bicyclic) bond motifs is 18. The standard InChI is InChI=1S/C56H35NO2/c1-2-17-36(18-3-1)57(37-33-34-39-38-19-4-6-21-41(38)56(48(39)35-37)45-25-10-14-31-52(45)59-53-32-15-11-26-46(53)56)49-28-16-27-47-54(49)40-20-5-7-22-42(40)55(47)43-23-8-12-29-50(43)58-51-30-13-9-24-44(51)55/h1-35H. The molecule has 59 heavy (non-hydrogen) atoms. The molecule has 0 atom stereocenters. The lowest BCUT2D eigenvalue weighted by atomic mass is 9.66. The number of benzene rings is 9. The van der Waals surface area contributed by atoms with Crippen LogP contribution >= 0.6 is 0 Å². The van der Waals surface area contributed by atoms with Crippen LogP contribution in [0.2, 0.25) is 0 Å². The van der Waals surface area contributed by atoms with Gasteiger partial charge in [-0.2, -0.15) is 0 Å². The molecule has 0 bridgehead atoms. The number of hydrogen-bond donors (Lipinski definition) is 0. The van der Waals surface area contributed by atoms with E-state index in [9.17, 15) is 0 Å². The van der Waals surface area contributed by atoms with Crippen molar-refractivity contribution in [2.75, 3.05) is 4.90 Å². The number of hydrogen-bond acceptors (Lipinski definition) is 3. The average molecular weight is 754 g/mol. The van der Waals surface area contributed by atoms with Crippen molar-refractivity contribution in [1.29, 1.82) is 0 Å². The van der Waals surface area contributed by atoms with Crippen molar-refractivity contribution in [3.63, 3.8) is 0 Å². The highest BCUT2D eigenvalue weighted by molar-refractivity contribution is 5.99. The van der Waals surface area contributed by atoms with Gasteiger partial charge in [-0.15, -0.1) is 0 Å². The predicted molar refractivity (Wildman–Crippen MR) is 236 cm³/mol. The summed E-state index contributed by atoms with van der Waals surface area (Å²) >= 11 is 0. The summed E-state index contributed by atoms with van der Waals surface area (Å²) in [5.74, 6) is 3.55. The number of ether oxygens (including phenoxy) is 2. The zero-order chi connectivity index (χ0) is 38.7. The monoisotopic (exact) mass is 753 g/mol. The summed E-state index contributed by atoms with van der Waals surface area (Å²) in [4.78, 5) is 2.47. The quantitative estimate of drug-likeness (QED) is 0.179. The molecule has 9 aromatic carbocycles. The summed E-state index contributed by atoms with van der Waals surface area (Å²) in [6, 6.07) is 77.1. The van der Waals surface area contributed by atoms with Gasteiger partial charge in [-0.1, -0.05) is 158 Å². The van der Waals surface area contributed by atoms with Gasteiger partial charge in [-0.05, 0) is 93.5 Å². The van der Waals surface area contributed by atoms with E-state index < -0.39 is 10.8 Å². The summed E-state index contributed by atoms with van der Waals surface area (Å²) in [5.41, 5.74) is 16.7. The lowest BCUT2D eigenvalue weighted by Crippen LogP contribution is -2.32. The Labute approximate surface area is 343 Å². The third kappa shape index (κ3) is 4.11. The van der Waals surface area contributed by atoms with E-state index in [0.29, 0.717) is 0 Å². The summed E-state index contributed by atoms with van der Waals surface area (Å²) in [7, 11) is 0. The molecule has 0 unspecified atom stereocenters. The van der Waals surface area contributed by atoms with Crippen molar-refractivity contribution >= 4 is 17.1 Å². The molecule has 0 fully saturated rings. The molecule has 0 saturated heterocycles. The van der Waals surface area contributed by atoms with E-state index in [-0.39, 0.29) is 0 Å². The fourth-order valence-corrected chi connectivity index (χ4v) is 11.1. The summed E-state index contributed by atoms with van der Waals surface area (Å²) in [6.45, 7) is 0.